The van der Waals surface area contributed by atoms with E-state index < -0.39 is 19.8 Å². The number of carbonyl (C=O) groups is 1. The first-order chi connectivity index (χ1) is 5.86. The minimum atomic E-state index is -8.89. The Labute approximate surface area is 75.0 Å². The molecular weight excluding hydrogens is 239 g/mol. The van der Waals surface area contributed by atoms with Crippen LogP contribution in [0.3, 0.4) is 0 Å². The zero-order chi connectivity index (χ0) is 11.8. The minimum absolute atomic E-state index is 0.256. The maximum absolute atomic E-state index is 12.1. The van der Waals surface area contributed by atoms with E-state index in [0.717, 1.165) is 14.1 Å². The van der Waals surface area contributed by atoms with Crippen LogP contribution in [0.15, 0.2) is 0 Å². The first kappa shape index (κ1) is 13.3. The average molecular weight is 245 g/mol. The van der Waals surface area contributed by atoms with Gasteiger partial charge < -0.3 is 0 Å². The molecule has 86 valence electrons. The van der Waals surface area contributed by atoms with E-state index in [4.69, 9.17) is 0 Å². The number of amides is 1. The summed E-state index contributed by atoms with van der Waals surface area (Å²) in [4.78, 5) is 10.6. The van der Waals surface area contributed by atoms with Crippen LogP contribution >= 0.6 is 7.76 Å². The quantitative estimate of drug-likeness (QED) is 0.523. The predicted molar refractivity (Wildman–Crippen MR) is 36.5 cm³/mol. The summed E-state index contributed by atoms with van der Waals surface area (Å²) in [5.74, 6) is -6.49. The second-order valence-electron chi connectivity index (χ2n) is 2.46. The van der Waals surface area contributed by atoms with Gasteiger partial charge in [0, 0.05) is 0 Å². The van der Waals surface area contributed by atoms with Crippen molar-refractivity contribution in [3.63, 3.8) is 0 Å². The van der Waals surface area contributed by atoms with E-state index >= 15 is 0 Å². The van der Waals surface area contributed by atoms with Crippen LogP contribution in [0.1, 0.15) is 0 Å². The van der Waals surface area contributed by atoms with Gasteiger partial charge in [-0.2, -0.15) is 0 Å². The van der Waals surface area contributed by atoms with Crippen molar-refractivity contribution >= 4 is 13.9 Å². The molecule has 0 aromatic carbocycles. The Morgan fingerprint density at radius 3 is 1.79 bits per heavy atom. The van der Waals surface area contributed by atoms with Crippen LogP contribution in [0.25, 0.3) is 0 Å². The fourth-order valence-corrected chi connectivity index (χ4v) is 0.783. The molecule has 14 heavy (non-hydrogen) atoms. The summed E-state index contributed by atoms with van der Waals surface area (Å²) in [5.41, 5.74) is 0. The topological polar surface area (TPSA) is 29.5 Å². The molecule has 0 aliphatic heterocycles. The van der Waals surface area contributed by atoms with Gasteiger partial charge in [-0.3, -0.25) is 0 Å². The number of rotatable bonds is 1. The van der Waals surface area contributed by atoms with Gasteiger partial charge in [0.1, 0.15) is 0 Å². The van der Waals surface area contributed by atoms with Gasteiger partial charge in [0.25, 0.3) is 0 Å². The zero-order valence-corrected chi connectivity index (χ0v) is 7.87. The molecule has 0 aromatic rings. The number of carbonyl (C=O) groups excluding carboxylic acids is 1. The van der Waals surface area contributed by atoms with Crippen LogP contribution in [-0.2, 0) is 4.52 Å². The Morgan fingerprint density at radius 1 is 1.21 bits per heavy atom. The van der Waals surface area contributed by atoms with Crippen LogP contribution < -0.4 is 0 Å². The second-order valence-corrected chi connectivity index (χ2v) is 4.64. The summed E-state index contributed by atoms with van der Waals surface area (Å²) in [6.07, 6.45) is -2.09. The zero-order valence-electron chi connectivity index (χ0n) is 6.98. The van der Waals surface area contributed by atoms with Crippen molar-refractivity contribution in [1.82, 2.24) is 4.90 Å². The van der Waals surface area contributed by atoms with E-state index in [1.165, 1.54) is 0 Å². The van der Waals surface area contributed by atoms with E-state index in [1.807, 2.05) is 0 Å². The molecule has 0 unspecified atom stereocenters. The van der Waals surface area contributed by atoms with Crippen LogP contribution in [-0.4, -0.2) is 31.0 Å². The molecule has 0 radical (unpaired) electrons. The van der Waals surface area contributed by atoms with Gasteiger partial charge >= 0.3 is 73.8 Å². The molecule has 0 saturated heterocycles. The van der Waals surface area contributed by atoms with Crippen molar-refractivity contribution in [2.24, 2.45) is 0 Å². The van der Waals surface area contributed by atoms with Gasteiger partial charge in [0.05, 0.1) is 0 Å². The summed E-state index contributed by atoms with van der Waals surface area (Å²) >= 11 is 0. The number of hydrogen-bond acceptors (Lipinski definition) is 2. The molecule has 0 fully saturated rings. The molecule has 0 N–H and O–H groups in total. The fourth-order valence-electron chi connectivity index (χ4n) is 0.261. The predicted octanol–water partition coefficient (Wildman–Crippen LogP) is 3.33. The van der Waals surface area contributed by atoms with Crippen molar-refractivity contribution in [1.29, 1.82) is 0 Å². The van der Waals surface area contributed by atoms with Crippen LogP contribution in [0, 0.1) is 0 Å². The molecule has 0 saturated carbocycles. The third kappa shape index (κ3) is 2.63. The van der Waals surface area contributed by atoms with Gasteiger partial charge in [-0.05, 0) is 0 Å². The third-order valence-corrected chi connectivity index (χ3v) is 2.22. The van der Waals surface area contributed by atoms with Gasteiger partial charge in [-0.15, -0.1) is 0 Å². The molecule has 0 aliphatic rings. The molecule has 0 rings (SSSR count). The number of nitrogens with zero attached hydrogens (tertiary/aromatic N) is 1. The van der Waals surface area contributed by atoms with Crippen molar-refractivity contribution in [2.45, 2.75) is 5.92 Å². The summed E-state index contributed by atoms with van der Waals surface area (Å²) in [6, 6.07) is 0. The Hall–Kier alpha value is -0.720. The number of hydrogen-bond donors (Lipinski definition) is 0. The van der Waals surface area contributed by atoms with Crippen molar-refractivity contribution in [2.75, 3.05) is 14.1 Å². The first-order valence-electron chi connectivity index (χ1n) is 3.01. The molecule has 0 heterocycles. The molecule has 0 bridgehead atoms. The van der Waals surface area contributed by atoms with Crippen LogP contribution in [0.5, 0.6) is 0 Å². The number of halogens is 6. The molecule has 0 spiro atoms. The SMILES string of the molecule is CN(C)C(=O)OP(F)(F)(F)C(F)(F)F. The Balaban J connectivity index is 4.88. The second kappa shape index (κ2) is 3.15. The monoisotopic (exact) mass is 245 g/mol. The summed E-state index contributed by atoms with van der Waals surface area (Å²) < 4.78 is 73.3. The summed E-state index contributed by atoms with van der Waals surface area (Å²) in [6.45, 7) is 0. The summed E-state index contributed by atoms with van der Waals surface area (Å²) in [5, 5.41) is 0. The molecule has 3 nitrogen and oxygen atoms in total. The maximum atomic E-state index is 12.1. The van der Waals surface area contributed by atoms with Crippen molar-refractivity contribution in [3.05, 3.63) is 0 Å². The van der Waals surface area contributed by atoms with E-state index in [2.05, 4.69) is 4.52 Å². The van der Waals surface area contributed by atoms with Gasteiger partial charge in [-0.1, -0.05) is 0 Å². The molecule has 0 aliphatic carbocycles. The first-order valence-corrected chi connectivity index (χ1v) is 4.83. The van der Waals surface area contributed by atoms with Crippen molar-refractivity contribution in [3.8, 4) is 0 Å². The van der Waals surface area contributed by atoms with E-state index in [9.17, 15) is 30.6 Å². The normalized spacial score (nSPS) is 15.6. The Morgan fingerprint density at radius 2 is 1.57 bits per heavy atom. The molecule has 0 aromatic heterocycles. The standard InChI is InChI=1S/C4H6F6NO2P/c1-11(2)3(12)13-14(8,9,10)4(5,6)7/h1-2H3. The Kier molecular flexibility index (Phi) is 2.99. The van der Waals surface area contributed by atoms with E-state index in [-0.39, 0.29) is 4.90 Å². The van der Waals surface area contributed by atoms with Gasteiger partial charge in [0.15, 0.2) is 0 Å². The third-order valence-electron chi connectivity index (χ3n) is 0.983. The van der Waals surface area contributed by atoms with Gasteiger partial charge in [-0.25, -0.2) is 0 Å². The molecule has 10 heteroatoms. The van der Waals surface area contributed by atoms with Gasteiger partial charge in [0.2, 0.25) is 0 Å². The Bertz CT molecular complexity index is 242. The van der Waals surface area contributed by atoms with Crippen LogP contribution in [0.4, 0.5) is 30.6 Å². The average Bonchev–Trinajstić information content (AvgIpc) is 1.81. The van der Waals surface area contributed by atoms with Crippen LogP contribution in [0.2, 0.25) is 0 Å². The molecular formula is C4H6F6NO2P. The van der Waals surface area contributed by atoms with Crippen molar-refractivity contribution < 1.29 is 35.1 Å². The summed E-state index contributed by atoms with van der Waals surface area (Å²) in [7, 11) is -7.22. The van der Waals surface area contributed by atoms with E-state index in [1.54, 1.807) is 0 Å². The van der Waals surface area contributed by atoms with E-state index in [0.29, 0.717) is 0 Å². The molecule has 0 atom stereocenters. The molecule has 1 amide bonds. The number of alkyl halides is 3. The fraction of sp³-hybridized carbons (Fsp3) is 0.750.